The Morgan fingerprint density at radius 1 is 0.941 bits per heavy atom. The van der Waals surface area contributed by atoms with Crippen molar-refractivity contribution in [1.29, 1.82) is 0 Å². The number of sulfonamides is 1. The van der Waals surface area contributed by atoms with Crippen LogP contribution >= 0.6 is 11.6 Å². The number of hydrogen-bond donors (Lipinski definition) is 0. The number of para-hydroxylation sites is 1. The Morgan fingerprint density at radius 2 is 1.63 bits per heavy atom. The van der Waals surface area contributed by atoms with E-state index in [1.165, 1.54) is 62.6 Å². The Labute approximate surface area is 302 Å². The van der Waals surface area contributed by atoms with E-state index in [9.17, 15) is 18.0 Å². The zero-order chi connectivity index (χ0) is 37.5. The predicted octanol–water partition coefficient (Wildman–Crippen LogP) is 4.23. The molecule has 0 spiro atoms. The van der Waals surface area contributed by atoms with E-state index in [0.29, 0.717) is 5.75 Å². The molecule has 0 saturated carbocycles. The Bertz CT molecular complexity index is 1950. The zero-order valence-corrected chi connectivity index (χ0v) is 31.3. The molecule has 0 aromatic heterocycles. The van der Waals surface area contributed by atoms with Gasteiger partial charge in [0.15, 0.2) is 5.54 Å². The van der Waals surface area contributed by atoms with Crippen LogP contribution in [0.3, 0.4) is 0 Å². The van der Waals surface area contributed by atoms with Crippen molar-refractivity contribution in [3.8, 4) is 17.2 Å². The van der Waals surface area contributed by atoms with Crippen LogP contribution in [-0.4, -0.2) is 102 Å². The van der Waals surface area contributed by atoms with Gasteiger partial charge in [-0.1, -0.05) is 29.8 Å². The van der Waals surface area contributed by atoms with E-state index >= 15 is 4.79 Å². The molecule has 0 aliphatic carbocycles. The minimum absolute atomic E-state index is 0.0161. The number of fused-ring (bicyclic) bond motifs is 1. The first kappa shape index (κ1) is 37.9. The van der Waals surface area contributed by atoms with Crippen LogP contribution in [0.5, 0.6) is 17.2 Å². The first-order valence-electron chi connectivity index (χ1n) is 16.1. The molecule has 0 N–H and O–H groups in total. The number of methoxy groups -OCH3 is 3. The second kappa shape index (κ2) is 14.3. The van der Waals surface area contributed by atoms with Crippen LogP contribution in [0, 0.1) is 0 Å². The molecule has 3 atom stereocenters. The van der Waals surface area contributed by atoms with Gasteiger partial charge in [0.25, 0.3) is 15.9 Å². The molecular formula is C36H42ClN3O10S. The fourth-order valence-corrected chi connectivity index (χ4v) is 8.46. The van der Waals surface area contributed by atoms with Gasteiger partial charge in [-0.3, -0.25) is 14.5 Å². The largest absolute Gasteiger partial charge is 0.497 e. The molecule has 0 bridgehead atoms. The SMILES string of the molecule is COc1ccc(S(=O)(=O)N2C(=O)[C@@](c3ccccc3OC)(N3C[C@H](OCC(=O)OC(C)(C)C)C[C@H]3C(=O)N(C)C)c3cc(Cl)ccc32)c(OC)c1. The van der Waals surface area contributed by atoms with Gasteiger partial charge in [0.1, 0.15) is 34.4 Å². The normalized spacial score (nSPS) is 20.6. The van der Waals surface area contributed by atoms with Gasteiger partial charge >= 0.3 is 5.97 Å². The molecule has 0 unspecified atom stereocenters. The summed E-state index contributed by atoms with van der Waals surface area (Å²) in [5.41, 5.74) is -2.27. The van der Waals surface area contributed by atoms with E-state index in [1.54, 1.807) is 64.0 Å². The maximum atomic E-state index is 15.6. The molecule has 0 radical (unpaired) electrons. The third-order valence-corrected chi connectivity index (χ3v) is 10.7. The fourth-order valence-electron chi connectivity index (χ4n) is 6.69. The van der Waals surface area contributed by atoms with Crippen molar-refractivity contribution in [3.63, 3.8) is 0 Å². The standard InChI is InChI=1S/C36H42ClN3O10S/c1-35(2,3)50-32(41)21-49-24-18-28(33(42)38(4)5)39(20-24)36(25-11-9-10-12-29(25)47-7)26-17-22(37)13-15-27(26)40(34(36)43)51(44,45)31-16-14-23(46-6)19-30(31)48-8/h9-17,19,24,28H,18,20-21H2,1-8H3/t24-,28+,36+/m1/s1. The van der Waals surface area contributed by atoms with Crippen molar-refractivity contribution >= 4 is 45.1 Å². The monoisotopic (exact) mass is 743 g/mol. The highest BCUT2D eigenvalue weighted by molar-refractivity contribution is 7.93. The van der Waals surface area contributed by atoms with Gasteiger partial charge in [-0.05, 0) is 63.6 Å². The summed E-state index contributed by atoms with van der Waals surface area (Å²) in [7, 11) is 2.63. The van der Waals surface area contributed by atoms with Crippen molar-refractivity contribution in [2.75, 3.05) is 52.9 Å². The minimum Gasteiger partial charge on any atom is -0.497 e. The topological polar surface area (TPSA) is 141 Å². The molecule has 2 aliphatic heterocycles. The highest BCUT2D eigenvalue weighted by Crippen LogP contribution is 2.55. The molecule has 2 heterocycles. The number of carbonyl (C=O) groups is 3. The van der Waals surface area contributed by atoms with Crippen LogP contribution in [0.25, 0.3) is 0 Å². The molecule has 2 aliphatic rings. The number of esters is 1. The van der Waals surface area contributed by atoms with Crippen LogP contribution in [0.2, 0.25) is 5.02 Å². The van der Waals surface area contributed by atoms with E-state index < -0.39 is 51.8 Å². The van der Waals surface area contributed by atoms with Gasteiger partial charge in [0, 0.05) is 42.9 Å². The molecule has 1 fully saturated rings. The molecule has 2 amide bonds. The number of rotatable bonds is 11. The molecule has 51 heavy (non-hydrogen) atoms. The second-order valence-electron chi connectivity index (χ2n) is 13.3. The van der Waals surface area contributed by atoms with E-state index in [2.05, 4.69) is 0 Å². The molecular weight excluding hydrogens is 702 g/mol. The van der Waals surface area contributed by atoms with Crippen molar-refractivity contribution in [2.24, 2.45) is 0 Å². The quantitative estimate of drug-likeness (QED) is 0.261. The van der Waals surface area contributed by atoms with Gasteiger partial charge in [-0.15, -0.1) is 0 Å². The minimum atomic E-state index is -4.71. The van der Waals surface area contributed by atoms with Crippen LogP contribution in [0.4, 0.5) is 5.69 Å². The summed E-state index contributed by atoms with van der Waals surface area (Å²) in [6, 6.07) is 14.3. The molecule has 1 saturated heterocycles. The number of amides is 2. The highest BCUT2D eigenvalue weighted by atomic mass is 35.5. The van der Waals surface area contributed by atoms with E-state index in [0.717, 1.165) is 4.31 Å². The van der Waals surface area contributed by atoms with Crippen molar-refractivity contribution in [2.45, 2.75) is 55.4 Å². The summed E-state index contributed by atoms with van der Waals surface area (Å²) in [4.78, 5) is 45.0. The smallest absolute Gasteiger partial charge is 0.332 e. The molecule has 5 rings (SSSR count). The summed E-state index contributed by atoms with van der Waals surface area (Å²) in [6.45, 7) is 4.73. The molecule has 274 valence electrons. The maximum Gasteiger partial charge on any atom is 0.332 e. The predicted molar refractivity (Wildman–Crippen MR) is 189 cm³/mol. The highest BCUT2D eigenvalue weighted by Gasteiger charge is 2.64. The summed E-state index contributed by atoms with van der Waals surface area (Å²) in [6.07, 6.45) is -0.681. The number of hydrogen-bond acceptors (Lipinski definition) is 11. The zero-order valence-electron chi connectivity index (χ0n) is 29.8. The number of benzene rings is 3. The number of carbonyl (C=O) groups excluding carboxylic acids is 3. The molecule has 3 aromatic carbocycles. The first-order chi connectivity index (χ1) is 24.0. The van der Waals surface area contributed by atoms with Gasteiger partial charge in [0.2, 0.25) is 5.91 Å². The molecule has 3 aromatic rings. The molecule has 15 heteroatoms. The van der Waals surface area contributed by atoms with Crippen molar-refractivity contribution in [1.82, 2.24) is 9.80 Å². The van der Waals surface area contributed by atoms with E-state index in [1.807, 2.05) is 0 Å². The van der Waals surface area contributed by atoms with Gasteiger partial charge in [-0.2, -0.15) is 0 Å². The number of halogens is 1. The van der Waals surface area contributed by atoms with Crippen molar-refractivity contribution in [3.05, 3.63) is 76.8 Å². The first-order valence-corrected chi connectivity index (χ1v) is 17.9. The van der Waals surface area contributed by atoms with Gasteiger partial charge in [-0.25, -0.2) is 17.5 Å². The van der Waals surface area contributed by atoms with Crippen molar-refractivity contribution < 1.29 is 46.5 Å². The summed E-state index contributed by atoms with van der Waals surface area (Å²) >= 11 is 6.63. The van der Waals surface area contributed by atoms with Crippen LogP contribution in [-0.2, 0) is 39.4 Å². The van der Waals surface area contributed by atoms with Crippen LogP contribution in [0.15, 0.2) is 65.6 Å². The van der Waals surface area contributed by atoms with Gasteiger partial charge < -0.3 is 28.6 Å². The number of ether oxygens (including phenoxy) is 5. The number of likely N-dealkylation sites (tertiary alicyclic amines) is 1. The summed E-state index contributed by atoms with van der Waals surface area (Å²) < 4.78 is 58.3. The Kier molecular flexibility index (Phi) is 10.6. The Morgan fingerprint density at radius 3 is 2.25 bits per heavy atom. The number of likely N-dealkylation sites (N-methyl/N-ethyl adjacent to an activating group) is 1. The Balaban J connectivity index is 1.76. The van der Waals surface area contributed by atoms with Crippen LogP contribution < -0.4 is 18.5 Å². The fraction of sp³-hybridized carbons (Fsp3) is 0.417. The lowest BCUT2D eigenvalue weighted by Gasteiger charge is -2.42. The van der Waals surface area contributed by atoms with E-state index in [4.69, 9.17) is 35.3 Å². The summed E-state index contributed by atoms with van der Waals surface area (Å²) in [5, 5.41) is 0.217. The number of anilines is 1. The van der Waals surface area contributed by atoms with E-state index in [-0.39, 0.29) is 57.1 Å². The molecule has 13 nitrogen and oxygen atoms in total. The average molecular weight is 744 g/mol. The Hall–Kier alpha value is -4.37. The lowest BCUT2D eigenvalue weighted by Crippen LogP contribution is -2.59. The third-order valence-electron chi connectivity index (χ3n) is 8.72. The summed E-state index contributed by atoms with van der Waals surface area (Å²) in [5.74, 6) is -1.34. The lowest BCUT2D eigenvalue weighted by molar-refractivity contribution is -0.162. The third kappa shape index (κ3) is 6.85. The average Bonchev–Trinajstić information content (AvgIpc) is 3.62. The number of nitrogens with zero attached hydrogens (tertiary/aromatic N) is 3. The van der Waals surface area contributed by atoms with Gasteiger partial charge in [0.05, 0.1) is 39.2 Å². The lowest BCUT2D eigenvalue weighted by atomic mass is 9.80. The second-order valence-corrected chi connectivity index (χ2v) is 15.5. The maximum absolute atomic E-state index is 15.6. The van der Waals surface area contributed by atoms with Crippen LogP contribution in [0.1, 0.15) is 38.3 Å².